The minimum atomic E-state index is -3.79. The molecule has 1 aromatic rings. The van der Waals surface area contributed by atoms with Crippen LogP contribution in [0, 0.1) is 6.92 Å². The predicted molar refractivity (Wildman–Crippen MR) is 98.9 cm³/mol. The predicted octanol–water partition coefficient (Wildman–Crippen LogP) is 3.24. The topological polar surface area (TPSA) is 121 Å². The van der Waals surface area contributed by atoms with E-state index in [2.05, 4.69) is 14.7 Å². The van der Waals surface area contributed by atoms with E-state index in [1.165, 1.54) is 18.2 Å². The Morgan fingerprint density at radius 2 is 2.00 bits per heavy atom. The van der Waals surface area contributed by atoms with Crippen molar-refractivity contribution in [2.24, 2.45) is 5.11 Å². The van der Waals surface area contributed by atoms with E-state index in [1.54, 1.807) is 19.1 Å². The van der Waals surface area contributed by atoms with Crippen LogP contribution in [0.15, 0.2) is 46.4 Å². The maximum Gasteiger partial charge on any atom is 0.330 e. The highest BCUT2D eigenvalue weighted by Crippen LogP contribution is 2.15. The number of rotatable bonds is 10. The van der Waals surface area contributed by atoms with Gasteiger partial charge in [-0.05, 0) is 37.9 Å². The van der Waals surface area contributed by atoms with Gasteiger partial charge in [0.05, 0.1) is 17.5 Å². The molecule has 2 atom stereocenters. The summed E-state index contributed by atoms with van der Waals surface area (Å²) in [7, 11) is -3.79. The van der Waals surface area contributed by atoms with E-state index >= 15 is 0 Å². The summed E-state index contributed by atoms with van der Waals surface area (Å²) < 4.78 is 32.6. The second kappa shape index (κ2) is 10.6. The van der Waals surface area contributed by atoms with Crippen molar-refractivity contribution in [2.75, 3.05) is 6.61 Å². The van der Waals surface area contributed by atoms with Gasteiger partial charge in [-0.25, -0.2) is 17.9 Å². The fraction of sp³-hybridized carbons (Fsp3) is 0.471. The molecule has 0 spiro atoms. The monoisotopic (exact) mass is 380 g/mol. The number of hydrogen-bond acceptors (Lipinski definition) is 5. The van der Waals surface area contributed by atoms with E-state index in [9.17, 15) is 13.2 Å². The second-order valence-corrected chi connectivity index (χ2v) is 7.35. The summed E-state index contributed by atoms with van der Waals surface area (Å²) >= 11 is 0. The maximum absolute atomic E-state index is 12.6. The fourth-order valence-corrected chi connectivity index (χ4v) is 3.56. The summed E-state index contributed by atoms with van der Waals surface area (Å²) in [5, 5.41) is 3.63. The molecule has 0 heterocycles. The lowest BCUT2D eigenvalue weighted by molar-refractivity contribution is -0.137. The minimum Gasteiger partial charge on any atom is -0.463 e. The van der Waals surface area contributed by atoms with E-state index in [4.69, 9.17) is 10.3 Å². The van der Waals surface area contributed by atoms with Crippen LogP contribution in [0.1, 0.15) is 32.3 Å². The van der Waals surface area contributed by atoms with Gasteiger partial charge in [0.25, 0.3) is 0 Å². The first-order chi connectivity index (χ1) is 12.3. The highest BCUT2D eigenvalue weighted by Gasteiger charge is 2.25. The fourth-order valence-electron chi connectivity index (χ4n) is 2.28. The van der Waals surface area contributed by atoms with Crippen LogP contribution in [0.5, 0.6) is 0 Å². The highest BCUT2D eigenvalue weighted by molar-refractivity contribution is 7.89. The van der Waals surface area contributed by atoms with E-state index in [0.29, 0.717) is 12.8 Å². The molecule has 8 nitrogen and oxygen atoms in total. The molecule has 0 fully saturated rings. The third-order valence-corrected chi connectivity index (χ3v) is 5.06. The van der Waals surface area contributed by atoms with Gasteiger partial charge >= 0.3 is 5.97 Å². The Morgan fingerprint density at radius 1 is 1.35 bits per heavy atom. The maximum atomic E-state index is 12.6. The molecule has 0 aromatic heterocycles. The summed E-state index contributed by atoms with van der Waals surface area (Å²) in [4.78, 5) is 14.4. The average Bonchev–Trinajstić information content (AvgIpc) is 2.58. The van der Waals surface area contributed by atoms with Crippen molar-refractivity contribution in [2.45, 2.75) is 50.6 Å². The number of esters is 1. The first-order valence-electron chi connectivity index (χ1n) is 8.32. The van der Waals surface area contributed by atoms with Crippen molar-refractivity contribution in [3.05, 3.63) is 52.4 Å². The first kappa shape index (κ1) is 21.7. The molecule has 0 aliphatic rings. The van der Waals surface area contributed by atoms with Gasteiger partial charge in [0, 0.05) is 17.0 Å². The molecule has 0 radical (unpaired) electrons. The molecule has 1 N–H and O–H groups in total. The number of carbonyl (C=O) groups is 1. The van der Waals surface area contributed by atoms with Crippen molar-refractivity contribution >= 4 is 16.0 Å². The van der Waals surface area contributed by atoms with Crippen LogP contribution in [0.4, 0.5) is 0 Å². The summed E-state index contributed by atoms with van der Waals surface area (Å²) in [6.07, 6.45) is 3.59. The van der Waals surface area contributed by atoms with Gasteiger partial charge in [0.15, 0.2) is 0 Å². The Bertz CT molecular complexity index is 768. The molecule has 0 amide bonds. The minimum absolute atomic E-state index is 0.123. The van der Waals surface area contributed by atoms with Crippen LogP contribution >= 0.6 is 0 Å². The Morgan fingerprint density at radius 3 is 2.54 bits per heavy atom. The zero-order chi connectivity index (χ0) is 19.6. The van der Waals surface area contributed by atoms with Gasteiger partial charge in [-0.1, -0.05) is 42.2 Å². The van der Waals surface area contributed by atoms with Crippen LogP contribution in [-0.4, -0.2) is 33.1 Å². The normalized spacial score (nSPS) is 13.8. The molecule has 1 aromatic carbocycles. The summed E-state index contributed by atoms with van der Waals surface area (Å²) in [6, 6.07) is 4.89. The van der Waals surface area contributed by atoms with Gasteiger partial charge in [-0.15, -0.1) is 0 Å². The quantitative estimate of drug-likeness (QED) is 0.220. The molecular formula is C17H24N4O4S. The van der Waals surface area contributed by atoms with E-state index in [-0.39, 0.29) is 11.5 Å². The molecule has 142 valence electrons. The summed E-state index contributed by atoms with van der Waals surface area (Å²) in [5.74, 6) is -0.581. The average molecular weight is 380 g/mol. The molecule has 0 unspecified atom stereocenters. The van der Waals surface area contributed by atoms with Crippen LogP contribution in [0.2, 0.25) is 0 Å². The zero-order valence-electron chi connectivity index (χ0n) is 15.1. The van der Waals surface area contributed by atoms with Crippen LogP contribution in [-0.2, 0) is 19.6 Å². The molecular weight excluding hydrogens is 356 g/mol. The Kier molecular flexibility index (Phi) is 8.84. The Balaban J connectivity index is 3.07. The smallest absolute Gasteiger partial charge is 0.330 e. The van der Waals surface area contributed by atoms with E-state index < -0.39 is 28.1 Å². The molecule has 0 aliphatic carbocycles. The molecule has 0 saturated heterocycles. The van der Waals surface area contributed by atoms with Crippen molar-refractivity contribution in [1.82, 2.24) is 4.72 Å². The van der Waals surface area contributed by atoms with Crippen molar-refractivity contribution in [3.63, 3.8) is 0 Å². The Hall–Kier alpha value is -2.35. The SMILES string of the molecule is CCC[C@@H](NS(=O)(=O)c1ccc(C)cc1)[C@H](/C=C/C(=O)OCC)N=[N+]=[N-]. The molecule has 0 bridgehead atoms. The van der Waals surface area contributed by atoms with Crippen LogP contribution in [0.25, 0.3) is 10.4 Å². The molecule has 9 heteroatoms. The number of benzene rings is 1. The lowest BCUT2D eigenvalue weighted by Crippen LogP contribution is -2.41. The summed E-state index contributed by atoms with van der Waals surface area (Å²) in [6.45, 7) is 5.64. The first-order valence-corrected chi connectivity index (χ1v) is 9.80. The van der Waals surface area contributed by atoms with E-state index in [0.717, 1.165) is 11.6 Å². The molecule has 0 aliphatic heterocycles. The number of nitrogens with one attached hydrogen (secondary N) is 1. The van der Waals surface area contributed by atoms with Crippen LogP contribution in [0.3, 0.4) is 0 Å². The third-order valence-electron chi connectivity index (χ3n) is 3.55. The van der Waals surface area contributed by atoms with Gasteiger partial charge in [0.2, 0.25) is 10.0 Å². The molecule has 1 rings (SSSR count). The second-order valence-electron chi connectivity index (χ2n) is 5.64. The third kappa shape index (κ3) is 6.87. The van der Waals surface area contributed by atoms with Crippen molar-refractivity contribution in [1.29, 1.82) is 0 Å². The number of ether oxygens (including phenoxy) is 1. The summed E-state index contributed by atoms with van der Waals surface area (Å²) in [5.41, 5.74) is 9.74. The number of sulfonamides is 1. The van der Waals surface area contributed by atoms with Crippen molar-refractivity contribution < 1.29 is 17.9 Å². The number of hydrogen-bond donors (Lipinski definition) is 1. The van der Waals surface area contributed by atoms with Crippen LogP contribution < -0.4 is 4.72 Å². The Labute approximate surface area is 153 Å². The van der Waals surface area contributed by atoms with Gasteiger partial charge in [-0.2, -0.15) is 0 Å². The number of carbonyl (C=O) groups excluding carboxylic acids is 1. The lowest BCUT2D eigenvalue weighted by Gasteiger charge is -2.22. The molecule has 0 saturated carbocycles. The van der Waals surface area contributed by atoms with Crippen molar-refractivity contribution in [3.8, 4) is 0 Å². The number of azide groups is 1. The molecule has 26 heavy (non-hydrogen) atoms. The van der Waals surface area contributed by atoms with E-state index in [1.807, 2.05) is 13.8 Å². The number of aryl methyl sites for hydroxylation is 1. The zero-order valence-corrected chi connectivity index (χ0v) is 15.9. The highest BCUT2D eigenvalue weighted by atomic mass is 32.2. The standard InChI is InChI=1S/C17H24N4O4S/c1-4-6-16(15(19-21-18)11-12-17(22)25-5-2)20-26(23,24)14-9-7-13(3)8-10-14/h7-12,15-16,20H,4-6H2,1-3H3/b12-11+/t15-,16+/m0/s1. The van der Waals surface area contributed by atoms with Gasteiger partial charge < -0.3 is 4.74 Å². The lowest BCUT2D eigenvalue weighted by atomic mass is 10.0. The van der Waals surface area contributed by atoms with Gasteiger partial charge in [0.1, 0.15) is 0 Å². The largest absolute Gasteiger partial charge is 0.463 e. The van der Waals surface area contributed by atoms with Gasteiger partial charge in [-0.3, -0.25) is 0 Å². The number of nitrogens with zero attached hydrogens (tertiary/aromatic N) is 3.